The molecule has 3 heteroatoms. The molecule has 0 bridgehead atoms. The number of hydrogen-bond acceptors (Lipinski definition) is 2. The maximum atomic E-state index is 11.3. The SMILES string of the molecule is CCc1cccc(C2(O)CCN(C(C)=O)CC2)c1. The highest BCUT2D eigenvalue weighted by Crippen LogP contribution is 2.33. The smallest absolute Gasteiger partial charge is 0.219 e. The second-order valence-corrected chi connectivity index (χ2v) is 5.09. The van der Waals surface area contributed by atoms with Gasteiger partial charge in [-0.15, -0.1) is 0 Å². The summed E-state index contributed by atoms with van der Waals surface area (Å²) in [5.41, 5.74) is 1.47. The molecule has 0 atom stereocenters. The molecule has 0 unspecified atom stereocenters. The van der Waals surface area contributed by atoms with Crippen LogP contribution in [-0.4, -0.2) is 29.0 Å². The highest BCUT2D eigenvalue weighted by Gasteiger charge is 2.34. The number of piperidine rings is 1. The summed E-state index contributed by atoms with van der Waals surface area (Å²) in [6.45, 7) is 4.98. The Hall–Kier alpha value is -1.35. The van der Waals surface area contributed by atoms with E-state index in [9.17, 15) is 9.90 Å². The first-order valence-electron chi connectivity index (χ1n) is 6.62. The van der Waals surface area contributed by atoms with E-state index >= 15 is 0 Å². The zero-order valence-corrected chi connectivity index (χ0v) is 11.1. The van der Waals surface area contributed by atoms with Gasteiger partial charge in [0.15, 0.2) is 0 Å². The van der Waals surface area contributed by atoms with Crippen LogP contribution in [0.4, 0.5) is 0 Å². The van der Waals surface area contributed by atoms with Crippen molar-refractivity contribution in [3.05, 3.63) is 35.4 Å². The zero-order chi connectivity index (χ0) is 13.2. The lowest BCUT2D eigenvalue weighted by molar-refractivity contribution is -0.133. The average molecular weight is 247 g/mol. The van der Waals surface area contributed by atoms with Gasteiger partial charge in [-0.2, -0.15) is 0 Å². The maximum Gasteiger partial charge on any atom is 0.219 e. The van der Waals surface area contributed by atoms with Crippen LogP contribution in [0.15, 0.2) is 24.3 Å². The largest absolute Gasteiger partial charge is 0.385 e. The third kappa shape index (κ3) is 2.56. The molecule has 1 aromatic carbocycles. The molecule has 1 saturated heterocycles. The van der Waals surface area contributed by atoms with Gasteiger partial charge in [-0.3, -0.25) is 4.79 Å². The third-order valence-electron chi connectivity index (χ3n) is 3.91. The van der Waals surface area contributed by atoms with Gasteiger partial charge in [0.25, 0.3) is 0 Å². The molecule has 1 N–H and O–H groups in total. The van der Waals surface area contributed by atoms with Crippen LogP contribution in [0.1, 0.15) is 37.8 Å². The Morgan fingerprint density at radius 3 is 2.61 bits per heavy atom. The minimum absolute atomic E-state index is 0.0966. The van der Waals surface area contributed by atoms with Crippen molar-refractivity contribution in [2.75, 3.05) is 13.1 Å². The lowest BCUT2D eigenvalue weighted by Gasteiger charge is -2.38. The molecule has 0 spiro atoms. The van der Waals surface area contributed by atoms with Crippen molar-refractivity contribution in [3.63, 3.8) is 0 Å². The van der Waals surface area contributed by atoms with Crippen LogP contribution in [0.2, 0.25) is 0 Å². The molecule has 0 radical (unpaired) electrons. The quantitative estimate of drug-likeness (QED) is 0.869. The van der Waals surface area contributed by atoms with Crippen molar-refractivity contribution in [1.82, 2.24) is 4.90 Å². The maximum absolute atomic E-state index is 11.3. The molecule has 1 fully saturated rings. The van der Waals surface area contributed by atoms with E-state index in [2.05, 4.69) is 19.1 Å². The number of aryl methyl sites for hydroxylation is 1. The molecule has 0 saturated carbocycles. The summed E-state index contributed by atoms with van der Waals surface area (Å²) in [6, 6.07) is 8.16. The van der Waals surface area contributed by atoms with Crippen molar-refractivity contribution in [2.45, 2.75) is 38.7 Å². The molecule has 1 aromatic rings. The Morgan fingerprint density at radius 1 is 1.39 bits per heavy atom. The number of nitrogens with zero attached hydrogens (tertiary/aromatic N) is 1. The van der Waals surface area contributed by atoms with Crippen molar-refractivity contribution < 1.29 is 9.90 Å². The molecule has 0 aliphatic carbocycles. The molecule has 98 valence electrons. The zero-order valence-electron chi connectivity index (χ0n) is 11.1. The second kappa shape index (κ2) is 5.11. The first-order valence-corrected chi connectivity index (χ1v) is 6.62. The molecule has 1 aliphatic rings. The molecule has 1 aliphatic heterocycles. The predicted octanol–water partition coefficient (Wildman–Crippen LogP) is 2.08. The normalized spacial score (nSPS) is 18.7. The number of hydrogen-bond donors (Lipinski definition) is 1. The van der Waals surface area contributed by atoms with Gasteiger partial charge >= 0.3 is 0 Å². The minimum atomic E-state index is -0.767. The van der Waals surface area contributed by atoms with Crippen LogP contribution in [0.25, 0.3) is 0 Å². The first-order chi connectivity index (χ1) is 8.55. The minimum Gasteiger partial charge on any atom is -0.385 e. The molecule has 2 rings (SSSR count). The average Bonchev–Trinajstić information content (AvgIpc) is 2.39. The fourth-order valence-corrected chi connectivity index (χ4v) is 2.56. The van der Waals surface area contributed by atoms with Crippen LogP contribution in [0, 0.1) is 0 Å². The third-order valence-corrected chi connectivity index (χ3v) is 3.91. The van der Waals surface area contributed by atoms with E-state index in [-0.39, 0.29) is 5.91 Å². The van der Waals surface area contributed by atoms with E-state index in [1.807, 2.05) is 12.1 Å². The van der Waals surface area contributed by atoms with Gasteiger partial charge in [0.05, 0.1) is 5.60 Å². The molecule has 1 heterocycles. The molecule has 0 aromatic heterocycles. The molecule has 3 nitrogen and oxygen atoms in total. The van der Waals surface area contributed by atoms with Gasteiger partial charge in [0.2, 0.25) is 5.91 Å². The van der Waals surface area contributed by atoms with Gasteiger partial charge in [0.1, 0.15) is 0 Å². The summed E-state index contributed by atoms with van der Waals surface area (Å²) < 4.78 is 0. The van der Waals surface area contributed by atoms with E-state index in [0.717, 1.165) is 12.0 Å². The number of likely N-dealkylation sites (tertiary alicyclic amines) is 1. The molecular weight excluding hydrogens is 226 g/mol. The van der Waals surface area contributed by atoms with Gasteiger partial charge < -0.3 is 10.0 Å². The number of amides is 1. The lowest BCUT2D eigenvalue weighted by atomic mass is 9.83. The van der Waals surface area contributed by atoms with Crippen molar-refractivity contribution >= 4 is 5.91 Å². The van der Waals surface area contributed by atoms with Crippen molar-refractivity contribution in [3.8, 4) is 0 Å². The van der Waals surface area contributed by atoms with E-state index in [0.29, 0.717) is 25.9 Å². The Morgan fingerprint density at radius 2 is 2.06 bits per heavy atom. The lowest BCUT2D eigenvalue weighted by Crippen LogP contribution is -2.44. The van der Waals surface area contributed by atoms with Gasteiger partial charge in [-0.05, 0) is 30.4 Å². The topological polar surface area (TPSA) is 40.5 Å². The summed E-state index contributed by atoms with van der Waals surface area (Å²) in [7, 11) is 0. The summed E-state index contributed by atoms with van der Waals surface area (Å²) in [4.78, 5) is 13.1. The summed E-state index contributed by atoms with van der Waals surface area (Å²) in [6.07, 6.45) is 2.23. The number of aliphatic hydroxyl groups is 1. The van der Waals surface area contributed by atoms with Crippen LogP contribution in [0.3, 0.4) is 0 Å². The fraction of sp³-hybridized carbons (Fsp3) is 0.533. The number of carbonyl (C=O) groups excluding carboxylic acids is 1. The van der Waals surface area contributed by atoms with E-state index in [1.54, 1.807) is 11.8 Å². The van der Waals surface area contributed by atoms with Gasteiger partial charge in [-0.1, -0.05) is 31.2 Å². The van der Waals surface area contributed by atoms with E-state index in [4.69, 9.17) is 0 Å². The highest BCUT2D eigenvalue weighted by atomic mass is 16.3. The standard InChI is InChI=1S/C15H21NO2/c1-3-13-5-4-6-14(11-13)15(18)7-9-16(10-8-15)12(2)17/h4-6,11,18H,3,7-10H2,1-2H3. The number of carbonyl (C=O) groups is 1. The van der Waals surface area contributed by atoms with Gasteiger partial charge in [-0.25, -0.2) is 0 Å². The second-order valence-electron chi connectivity index (χ2n) is 5.09. The van der Waals surface area contributed by atoms with E-state index in [1.165, 1.54) is 5.56 Å². The first kappa shape index (κ1) is 13.1. The summed E-state index contributed by atoms with van der Waals surface area (Å²) in [5, 5.41) is 10.7. The molecular formula is C15H21NO2. The summed E-state index contributed by atoms with van der Waals surface area (Å²) >= 11 is 0. The van der Waals surface area contributed by atoms with Crippen LogP contribution >= 0.6 is 0 Å². The fourth-order valence-electron chi connectivity index (χ4n) is 2.56. The van der Waals surface area contributed by atoms with Crippen LogP contribution < -0.4 is 0 Å². The Balaban J connectivity index is 2.15. The summed E-state index contributed by atoms with van der Waals surface area (Å²) in [5.74, 6) is 0.0966. The van der Waals surface area contributed by atoms with Crippen LogP contribution in [-0.2, 0) is 16.8 Å². The Labute approximate surface area is 108 Å². The monoisotopic (exact) mass is 247 g/mol. The van der Waals surface area contributed by atoms with E-state index < -0.39 is 5.60 Å². The molecule has 1 amide bonds. The molecule has 18 heavy (non-hydrogen) atoms. The van der Waals surface area contributed by atoms with Crippen molar-refractivity contribution in [1.29, 1.82) is 0 Å². The van der Waals surface area contributed by atoms with Crippen molar-refractivity contribution in [2.24, 2.45) is 0 Å². The van der Waals surface area contributed by atoms with Crippen LogP contribution in [0.5, 0.6) is 0 Å². The Kier molecular flexibility index (Phi) is 3.71. The number of benzene rings is 1. The predicted molar refractivity (Wildman–Crippen MR) is 71.2 cm³/mol. The number of rotatable bonds is 2. The van der Waals surface area contributed by atoms with Gasteiger partial charge in [0, 0.05) is 20.0 Å². The highest BCUT2D eigenvalue weighted by molar-refractivity contribution is 5.73. The Bertz CT molecular complexity index is 434.